The highest BCUT2D eigenvalue weighted by molar-refractivity contribution is 7.81. The molecule has 1 unspecified atom stereocenters. The Kier molecular flexibility index (Phi) is 12.2. The molecule has 1 rings (SSSR count). The number of rotatable bonds is 15. The molecule has 0 aromatic heterocycles. The minimum absolute atomic E-state index is 0.322. The van der Waals surface area contributed by atoms with Crippen molar-refractivity contribution in [3.8, 4) is 0 Å². The molecular formula is C25H44OS. The van der Waals surface area contributed by atoms with E-state index in [2.05, 4.69) is 33.8 Å². The molecule has 0 bridgehead atoms. The van der Waals surface area contributed by atoms with Crippen molar-refractivity contribution in [2.75, 3.05) is 0 Å². The van der Waals surface area contributed by atoms with Crippen LogP contribution >= 0.6 is 12.2 Å². The first kappa shape index (κ1) is 24.4. The van der Waals surface area contributed by atoms with Gasteiger partial charge in [-0.2, -0.15) is 0 Å². The van der Waals surface area contributed by atoms with E-state index in [0.717, 1.165) is 36.1 Å². The van der Waals surface area contributed by atoms with E-state index >= 15 is 0 Å². The summed E-state index contributed by atoms with van der Waals surface area (Å²) in [4.78, 5) is 1.01. The Bertz CT molecular complexity index is 502. The molecule has 0 spiro atoms. The van der Waals surface area contributed by atoms with Gasteiger partial charge < -0.3 is 5.11 Å². The molecular weight excluding hydrogens is 348 g/mol. The van der Waals surface area contributed by atoms with Gasteiger partial charge in [0.1, 0.15) is 5.76 Å². The molecule has 0 aromatic rings. The molecule has 0 aliphatic heterocycles. The van der Waals surface area contributed by atoms with Crippen molar-refractivity contribution >= 4 is 17.1 Å². The highest BCUT2D eigenvalue weighted by Crippen LogP contribution is 2.43. The largest absolute Gasteiger partial charge is 0.511 e. The summed E-state index contributed by atoms with van der Waals surface area (Å²) in [5.41, 5.74) is 2.11. The van der Waals surface area contributed by atoms with E-state index < -0.39 is 0 Å². The van der Waals surface area contributed by atoms with Crippen molar-refractivity contribution in [2.45, 2.75) is 124 Å². The Labute approximate surface area is 174 Å². The molecule has 1 atom stereocenters. The van der Waals surface area contributed by atoms with Gasteiger partial charge in [0.25, 0.3) is 0 Å². The molecule has 27 heavy (non-hydrogen) atoms. The first-order chi connectivity index (χ1) is 13.0. The first-order valence-electron chi connectivity index (χ1n) is 11.7. The monoisotopic (exact) mass is 392 g/mol. The van der Waals surface area contributed by atoms with Crippen molar-refractivity contribution in [1.82, 2.24) is 0 Å². The summed E-state index contributed by atoms with van der Waals surface area (Å²) < 4.78 is 0. The van der Waals surface area contributed by atoms with Gasteiger partial charge in [0.2, 0.25) is 0 Å². The van der Waals surface area contributed by atoms with Crippen LogP contribution in [0.5, 0.6) is 0 Å². The maximum absolute atomic E-state index is 10.9. The van der Waals surface area contributed by atoms with Crippen molar-refractivity contribution in [3.63, 3.8) is 0 Å². The number of hydrogen-bond acceptors (Lipinski definition) is 2. The predicted octanol–water partition coefficient (Wildman–Crippen LogP) is 9.03. The average molecular weight is 393 g/mol. The molecule has 1 N–H and O–H groups in total. The fraction of sp³-hybridized carbons (Fsp3) is 0.800. The third-order valence-corrected chi connectivity index (χ3v) is 6.89. The lowest BCUT2D eigenvalue weighted by Crippen LogP contribution is -2.33. The molecule has 1 aliphatic rings. The van der Waals surface area contributed by atoms with Crippen molar-refractivity contribution in [3.05, 3.63) is 23.0 Å². The molecule has 0 aromatic carbocycles. The summed E-state index contributed by atoms with van der Waals surface area (Å²) in [5, 5.41) is 10.9. The van der Waals surface area contributed by atoms with Gasteiger partial charge in [0.15, 0.2) is 0 Å². The van der Waals surface area contributed by atoms with E-state index in [1.54, 1.807) is 0 Å². The van der Waals surface area contributed by atoms with Gasteiger partial charge in [-0.05, 0) is 43.8 Å². The lowest BCUT2D eigenvalue weighted by Gasteiger charge is -2.36. The second kappa shape index (κ2) is 13.5. The van der Waals surface area contributed by atoms with Crippen LogP contribution in [-0.4, -0.2) is 9.97 Å². The zero-order chi connectivity index (χ0) is 20.1. The Morgan fingerprint density at radius 1 is 0.815 bits per heavy atom. The topological polar surface area (TPSA) is 20.2 Å². The van der Waals surface area contributed by atoms with Crippen LogP contribution in [-0.2, 0) is 0 Å². The first-order valence-corrected chi connectivity index (χ1v) is 12.1. The molecule has 0 amide bonds. The quantitative estimate of drug-likeness (QED) is 0.221. The van der Waals surface area contributed by atoms with Crippen molar-refractivity contribution in [1.29, 1.82) is 0 Å². The molecule has 156 valence electrons. The second-order valence-corrected chi connectivity index (χ2v) is 9.00. The number of unbranched alkanes of at least 4 members (excludes halogenated alkanes) is 10. The summed E-state index contributed by atoms with van der Waals surface area (Å²) in [6, 6.07) is 0. The molecule has 0 radical (unpaired) electrons. The van der Waals surface area contributed by atoms with E-state index in [-0.39, 0.29) is 5.41 Å². The van der Waals surface area contributed by atoms with E-state index in [0.29, 0.717) is 5.76 Å². The van der Waals surface area contributed by atoms with E-state index in [1.807, 2.05) is 0 Å². The second-order valence-electron chi connectivity index (χ2n) is 8.59. The Morgan fingerprint density at radius 2 is 1.33 bits per heavy atom. The van der Waals surface area contributed by atoms with Crippen LogP contribution in [0, 0.1) is 5.41 Å². The van der Waals surface area contributed by atoms with Crippen LogP contribution in [0.2, 0.25) is 0 Å². The summed E-state index contributed by atoms with van der Waals surface area (Å²) in [5.74, 6) is 0.551. The molecule has 0 saturated heterocycles. The smallest absolute Gasteiger partial charge is 0.107 e. The molecule has 1 aliphatic carbocycles. The Hall–Kier alpha value is -0.630. The van der Waals surface area contributed by atoms with Crippen LogP contribution in [0.15, 0.2) is 23.0 Å². The summed E-state index contributed by atoms with van der Waals surface area (Å²) in [6.45, 7) is 8.85. The SMILES string of the molecule is CCCCCCCCC1=CC(CC)=C(O)C(C)(CCCCCCCC)C1=S. The fourth-order valence-corrected chi connectivity index (χ4v) is 4.56. The number of allylic oxidation sites excluding steroid dienone is 4. The van der Waals surface area contributed by atoms with Crippen molar-refractivity contribution in [2.24, 2.45) is 5.41 Å². The lowest BCUT2D eigenvalue weighted by atomic mass is 9.71. The standard InChI is InChI=1S/C25H44OS/c1-5-8-10-12-14-16-18-22-20-21(7-3)23(26)25(4,24(22)27)19-17-15-13-11-9-6-2/h20,26H,5-19H2,1-4H3. The van der Waals surface area contributed by atoms with E-state index in [9.17, 15) is 5.11 Å². The van der Waals surface area contributed by atoms with Gasteiger partial charge in [-0.15, -0.1) is 0 Å². The highest BCUT2D eigenvalue weighted by atomic mass is 32.1. The third-order valence-electron chi connectivity index (χ3n) is 6.18. The molecule has 0 saturated carbocycles. The number of aliphatic hydroxyl groups excluding tert-OH is 1. The molecule has 2 heteroatoms. The fourth-order valence-electron chi connectivity index (χ4n) is 4.20. The Morgan fingerprint density at radius 3 is 1.89 bits per heavy atom. The number of aliphatic hydroxyl groups is 1. The third kappa shape index (κ3) is 7.72. The maximum atomic E-state index is 10.9. The van der Waals surface area contributed by atoms with Crippen molar-refractivity contribution < 1.29 is 5.11 Å². The minimum Gasteiger partial charge on any atom is -0.511 e. The number of thiocarbonyl (C=S) groups is 1. The van der Waals surface area contributed by atoms with Crippen LogP contribution < -0.4 is 0 Å². The summed E-state index contributed by atoms with van der Waals surface area (Å²) in [7, 11) is 0. The van der Waals surface area contributed by atoms with E-state index in [4.69, 9.17) is 12.2 Å². The van der Waals surface area contributed by atoms with Gasteiger partial charge in [-0.3, -0.25) is 0 Å². The number of hydrogen-bond donors (Lipinski definition) is 1. The highest BCUT2D eigenvalue weighted by Gasteiger charge is 2.38. The van der Waals surface area contributed by atoms with Gasteiger partial charge in [-0.1, -0.05) is 110 Å². The molecule has 1 nitrogen and oxygen atoms in total. The lowest BCUT2D eigenvalue weighted by molar-refractivity contribution is 0.278. The normalized spacial score (nSPS) is 20.3. The van der Waals surface area contributed by atoms with Gasteiger partial charge in [0.05, 0.1) is 5.41 Å². The van der Waals surface area contributed by atoms with Crippen LogP contribution in [0.3, 0.4) is 0 Å². The molecule has 0 heterocycles. The Balaban J connectivity index is 2.63. The van der Waals surface area contributed by atoms with Crippen LogP contribution in [0.4, 0.5) is 0 Å². The van der Waals surface area contributed by atoms with Gasteiger partial charge in [-0.25, -0.2) is 0 Å². The molecule has 0 fully saturated rings. The zero-order valence-corrected chi connectivity index (χ0v) is 19.4. The average Bonchev–Trinajstić information content (AvgIpc) is 2.67. The van der Waals surface area contributed by atoms with Crippen LogP contribution in [0.1, 0.15) is 124 Å². The minimum atomic E-state index is -0.322. The summed E-state index contributed by atoms with van der Waals surface area (Å²) in [6.07, 6.45) is 20.7. The van der Waals surface area contributed by atoms with Gasteiger partial charge >= 0.3 is 0 Å². The van der Waals surface area contributed by atoms with Gasteiger partial charge in [0, 0.05) is 4.86 Å². The zero-order valence-electron chi connectivity index (χ0n) is 18.5. The predicted molar refractivity (Wildman–Crippen MR) is 125 cm³/mol. The van der Waals surface area contributed by atoms with Crippen LogP contribution in [0.25, 0.3) is 0 Å². The summed E-state index contributed by atoms with van der Waals surface area (Å²) >= 11 is 5.92. The maximum Gasteiger partial charge on any atom is 0.107 e. The van der Waals surface area contributed by atoms with E-state index in [1.165, 1.54) is 76.2 Å².